The molecular formula is C16H24B2N2O2S. The first-order chi connectivity index (χ1) is 10.7. The van der Waals surface area contributed by atoms with Gasteiger partial charge in [0.15, 0.2) is 9.84 Å². The second-order valence-corrected chi connectivity index (χ2v) is 9.67. The van der Waals surface area contributed by atoms with E-state index < -0.39 is 9.84 Å². The molecule has 2 aromatic rings. The highest BCUT2D eigenvalue weighted by Gasteiger charge is 2.37. The molecule has 0 unspecified atom stereocenters. The molecule has 7 heteroatoms. The summed E-state index contributed by atoms with van der Waals surface area (Å²) in [6.07, 6.45) is 3.67. The van der Waals surface area contributed by atoms with Crippen LogP contribution in [0.2, 0.25) is 0 Å². The molecular weight excluding hydrogens is 306 g/mol. The molecule has 0 aliphatic heterocycles. The lowest BCUT2D eigenvalue weighted by atomic mass is 9.57. The van der Waals surface area contributed by atoms with Gasteiger partial charge in [-0.15, -0.1) is 0 Å². The summed E-state index contributed by atoms with van der Waals surface area (Å²) in [5.41, 5.74) is 1.08. The van der Waals surface area contributed by atoms with Gasteiger partial charge in [-0.05, 0) is 63.5 Å². The zero-order valence-corrected chi connectivity index (χ0v) is 15.4. The van der Waals surface area contributed by atoms with E-state index in [4.69, 9.17) is 0 Å². The Kier molecular flexibility index (Phi) is 3.92. The number of benzene rings is 1. The van der Waals surface area contributed by atoms with E-state index in [0.717, 1.165) is 23.7 Å². The van der Waals surface area contributed by atoms with E-state index in [1.165, 1.54) is 0 Å². The van der Waals surface area contributed by atoms with E-state index in [1.807, 2.05) is 18.2 Å². The molecule has 1 saturated carbocycles. The van der Waals surface area contributed by atoms with Crippen molar-refractivity contribution in [1.29, 1.82) is 0 Å². The number of aromatic nitrogens is 1. The maximum absolute atomic E-state index is 12.4. The van der Waals surface area contributed by atoms with Gasteiger partial charge in [0.1, 0.15) is 15.7 Å². The molecule has 23 heavy (non-hydrogen) atoms. The molecule has 0 saturated heterocycles. The van der Waals surface area contributed by atoms with Crippen LogP contribution >= 0.6 is 0 Å². The third-order valence-corrected chi connectivity index (χ3v) is 7.63. The topological polar surface area (TPSA) is 42.3 Å². The SMILES string of the molecule is BC(B)([C@@H](C)N(C)C)n1ccc2cc(S(=O)(=O)C3CC3)ccc21. The number of nitrogens with zero attached hydrogens (tertiary/aromatic N) is 2. The Morgan fingerprint density at radius 3 is 2.48 bits per heavy atom. The fourth-order valence-corrected chi connectivity index (χ4v) is 4.89. The summed E-state index contributed by atoms with van der Waals surface area (Å²) in [4.78, 5) is 2.67. The Bertz CT molecular complexity index is 839. The van der Waals surface area contributed by atoms with E-state index in [-0.39, 0.29) is 10.6 Å². The minimum Gasteiger partial charge on any atom is -0.356 e. The molecule has 1 aliphatic carbocycles. The molecule has 122 valence electrons. The van der Waals surface area contributed by atoms with Crippen LogP contribution in [0.4, 0.5) is 0 Å². The number of hydrogen-bond acceptors (Lipinski definition) is 3. The molecule has 0 N–H and O–H groups in total. The third kappa shape index (κ3) is 2.74. The Labute approximate surface area is 140 Å². The van der Waals surface area contributed by atoms with Crippen LogP contribution in [0.25, 0.3) is 10.9 Å². The maximum Gasteiger partial charge on any atom is 0.181 e. The van der Waals surface area contributed by atoms with Gasteiger partial charge in [-0.25, -0.2) is 8.42 Å². The van der Waals surface area contributed by atoms with E-state index in [1.54, 1.807) is 6.07 Å². The van der Waals surface area contributed by atoms with Crippen molar-refractivity contribution in [1.82, 2.24) is 9.47 Å². The van der Waals surface area contributed by atoms with E-state index in [2.05, 4.69) is 52.4 Å². The largest absolute Gasteiger partial charge is 0.356 e. The fourth-order valence-electron chi connectivity index (χ4n) is 3.20. The molecule has 1 heterocycles. The highest BCUT2D eigenvalue weighted by atomic mass is 32.2. The first-order valence-electron chi connectivity index (χ1n) is 8.17. The van der Waals surface area contributed by atoms with Crippen molar-refractivity contribution in [3.8, 4) is 0 Å². The zero-order chi connectivity index (χ0) is 17.0. The van der Waals surface area contributed by atoms with Crippen molar-refractivity contribution in [2.75, 3.05) is 14.1 Å². The molecule has 1 atom stereocenters. The van der Waals surface area contributed by atoms with Gasteiger partial charge in [0.05, 0.1) is 10.1 Å². The molecule has 1 aliphatic rings. The summed E-state index contributed by atoms with van der Waals surface area (Å²) in [6, 6.07) is 7.91. The van der Waals surface area contributed by atoms with Gasteiger partial charge < -0.3 is 9.47 Å². The van der Waals surface area contributed by atoms with Crippen molar-refractivity contribution in [3.63, 3.8) is 0 Å². The van der Waals surface area contributed by atoms with Crippen molar-refractivity contribution < 1.29 is 8.42 Å². The van der Waals surface area contributed by atoms with Crippen LogP contribution in [0.5, 0.6) is 0 Å². The van der Waals surface area contributed by atoms with Gasteiger partial charge >= 0.3 is 0 Å². The van der Waals surface area contributed by atoms with Crippen LogP contribution < -0.4 is 0 Å². The Hall–Kier alpha value is -1.20. The number of fused-ring (bicyclic) bond motifs is 1. The fraction of sp³-hybridized carbons (Fsp3) is 0.500. The molecule has 4 nitrogen and oxygen atoms in total. The van der Waals surface area contributed by atoms with E-state index in [9.17, 15) is 8.42 Å². The Morgan fingerprint density at radius 1 is 1.26 bits per heavy atom. The first-order valence-corrected chi connectivity index (χ1v) is 9.72. The molecule has 1 aromatic carbocycles. The second-order valence-electron chi connectivity index (χ2n) is 7.44. The van der Waals surface area contributed by atoms with Crippen LogP contribution in [0.15, 0.2) is 35.4 Å². The van der Waals surface area contributed by atoms with Crippen LogP contribution in [0.3, 0.4) is 0 Å². The van der Waals surface area contributed by atoms with E-state index >= 15 is 0 Å². The summed E-state index contributed by atoms with van der Waals surface area (Å²) < 4.78 is 27.1. The Morgan fingerprint density at radius 2 is 1.91 bits per heavy atom. The minimum absolute atomic E-state index is 0.0951. The second kappa shape index (κ2) is 5.42. The zero-order valence-electron chi connectivity index (χ0n) is 14.6. The van der Waals surface area contributed by atoms with Crippen molar-refractivity contribution >= 4 is 36.4 Å². The van der Waals surface area contributed by atoms with Crippen molar-refractivity contribution in [2.45, 2.75) is 41.3 Å². The highest BCUT2D eigenvalue weighted by molar-refractivity contribution is 7.92. The van der Waals surface area contributed by atoms with Crippen molar-refractivity contribution in [3.05, 3.63) is 30.5 Å². The molecule has 0 radical (unpaired) electrons. The van der Waals surface area contributed by atoms with Gasteiger partial charge in [0, 0.05) is 23.1 Å². The quantitative estimate of drug-likeness (QED) is 0.746. The maximum atomic E-state index is 12.4. The van der Waals surface area contributed by atoms with Crippen LogP contribution in [-0.4, -0.2) is 59.0 Å². The van der Waals surface area contributed by atoms with Gasteiger partial charge in [0.25, 0.3) is 0 Å². The average molecular weight is 330 g/mol. The summed E-state index contributed by atoms with van der Waals surface area (Å²) in [7, 11) is 5.46. The van der Waals surface area contributed by atoms with Gasteiger partial charge in [0.2, 0.25) is 0 Å². The number of likely N-dealkylation sites (N-methyl/N-ethyl adjacent to an activating group) is 1. The van der Waals surface area contributed by atoms with Crippen LogP contribution in [0.1, 0.15) is 19.8 Å². The average Bonchev–Trinajstić information content (AvgIpc) is 3.25. The van der Waals surface area contributed by atoms with Crippen LogP contribution in [0, 0.1) is 0 Å². The summed E-state index contributed by atoms with van der Waals surface area (Å²) >= 11 is 0. The normalized spacial score (nSPS) is 17.7. The third-order valence-electron chi connectivity index (χ3n) is 5.37. The standard InChI is InChI=1S/C16H24B2N2O2S/c1-11(19(2)3)16(17,18)20-9-8-12-10-14(6-7-15(12)20)23(21,22)13-4-5-13/h6-11,13H,4-5,17-18H2,1-3H3/t11-/m1/s1. The molecule has 3 rings (SSSR count). The highest BCUT2D eigenvalue weighted by Crippen LogP contribution is 2.35. The predicted octanol–water partition coefficient (Wildman–Crippen LogP) is 0.404. The Balaban J connectivity index is 2.06. The van der Waals surface area contributed by atoms with Gasteiger partial charge in [-0.2, -0.15) is 0 Å². The molecule has 1 fully saturated rings. The lowest BCUT2D eigenvalue weighted by Crippen LogP contribution is -2.51. The molecule has 1 aromatic heterocycles. The monoisotopic (exact) mass is 330 g/mol. The van der Waals surface area contributed by atoms with Crippen LogP contribution in [-0.2, 0) is 15.2 Å². The summed E-state index contributed by atoms with van der Waals surface area (Å²) in [6.45, 7) is 2.21. The predicted molar refractivity (Wildman–Crippen MR) is 100 cm³/mol. The smallest absolute Gasteiger partial charge is 0.181 e. The number of rotatable bonds is 5. The van der Waals surface area contributed by atoms with Gasteiger partial charge in [-0.3, -0.25) is 0 Å². The molecule has 0 spiro atoms. The number of hydrogen-bond donors (Lipinski definition) is 0. The molecule has 0 amide bonds. The van der Waals surface area contributed by atoms with Gasteiger partial charge in [-0.1, -0.05) is 0 Å². The minimum atomic E-state index is -3.13. The lowest BCUT2D eigenvalue weighted by Gasteiger charge is -2.39. The summed E-state index contributed by atoms with van der Waals surface area (Å²) in [5, 5.41) is 0.736. The van der Waals surface area contributed by atoms with Crippen molar-refractivity contribution in [2.24, 2.45) is 0 Å². The molecule has 0 bridgehead atoms. The summed E-state index contributed by atoms with van der Waals surface area (Å²) in [5.74, 6) is 0. The first kappa shape index (κ1) is 16.7. The number of sulfone groups is 1. The lowest BCUT2D eigenvalue weighted by molar-refractivity contribution is 0.254. The van der Waals surface area contributed by atoms with E-state index in [0.29, 0.717) is 10.9 Å².